The lowest BCUT2D eigenvalue weighted by Crippen LogP contribution is -2.37. The molecule has 0 bridgehead atoms. The molecule has 68 heavy (non-hydrogen) atoms. The average molecular weight is 877 g/mol. The van der Waals surface area contributed by atoms with Crippen LogP contribution in [0.2, 0.25) is 0 Å². The van der Waals surface area contributed by atoms with Gasteiger partial charge in [0.1, 0.15) is 11.3 Å². The molecule has 11 aromatic rings. The van der Waals surface area contributed by atoms with E-state index < -0.39 is 0 Å². The number of nitrogens with zero attached hydrogens (tertiary/aromatic N) is 2. The summed E-state index contributed by atoms with van der Waals surface area (Å²) in [6.45, 7) is 11.9. The second-order valence-electron chi connectivity index (χ2n) is 20.4. The molecule has 9 aromatic carbocycles. The third kappa shape index (κ3) is 6.36. The first kappa shape index (κ1) is 40.5. The van der Waals surface area contributed by atoms with Crippen LogP contribution in [0.4, 0.5) is 28.4 Å². The molecule has 1 aliphatic carbocycles. The average Bonchev–Trinajstić information content (AvgIpc) is 3.95. The van der Waals surface area contributed by atoms with Crippen molar-refractivity contribution in [2.75, 3.05) is 10.2 Å². The molecule has 0 saturated heterocycles. The number of rotatable bonds is 7. The number of aromatic nitrogens is 1. The molecule has 1 N–H and O–H groups in total. The lowest BCUT2D eigenvalue weighted by atomic mass is 9.58. The standard InChI is InChI=1S/C63H51BN3O/c1-39-33-49(60-61-58(39)59-47-24-16-15-17-40(47)25-30-54(59)67(61)55-34-42-35-56(41-18-9-6-10-19-41)68-57(42)38-52(55)64-60)48-37-46(66(44-20-11-7-12-21-44)45-22-13-8-14-23-45)27-29-53(48)65-43-26-28-50-51(36-43)63(4,5)32-31-62(50,2)3/h6-30,33-38,65H,31-32H2,1-5H3. The quantitative estimate of drug-likeness (QED) is 0.162. The number of benzene rings is 9. The zero-order chi connectivity index (χ0) is 45.9. The number of anilines is 5. The zero-order valence-corrected chi connectivity index (χ0v) is 39.2. The summed E-state index contributed by atoms with van der Waals surface area (Å²) >= 11 is 0. The Hall–Kier alpha value is -7.76. The molecule has 0 saturated carbocycles. The second-order valence-corrected chi connectivity index (χ2v) is 20.4. The van der Waals surface area contributed by atoms with Gasteiger partial charge < -0.3 is 19.2 Å². The van der Waals surface area contributed by atoms with E-state index in [1.165, 1.54) is 66.7 Å². The van der Waals surface area contributed by atoms with Gasteiger partial charge >= 0.3 is 0 Å². The van der Waals surface area contributed by atoms with Gasteiger partial charge in [-0.15, -0.1) is 0 Å². The summed E-state index contributed by atoms with van der Waals surface area (Å²) in [7, 11) is 2.42. The van der Waals surface area contributed by atoms with Gasteiger partial charge in [0.05, 0.1) is 5.52 Å². The third-order valence-corrected chi connectivity index (χ3v) is 15.1. The molecule has 0 atom stereocenters. The molecule has 3 heterocycles. The van der Waals surface area contributed by atoms with Crippen molar-refractivity contribution in [3.63, 3.8) is 0 Å². The number of para-hydroxylation sites is 2. The minimum atomic E-state index is 0.0780. The molecule has 1 radical (unpaired) electrons. The predicted octanol–water partition coefficient (Wildman–Crippen LogP) is 15.9. The molecule has 0 fully saturated rings. The Morgan fingerprint density at radius 2 is 1.26 bits per heavy atom. The molecule has 5 heteroatoms. The summed E-state index contributed by atoms with van der Waals surface area (Å²) in [4.78, 5) is 2.37. The minimum Gasteiger partial charge on any atom is -0.456 e. The van der Waals surface area contributed by atoms with Crippen LogP contribution in [0.3, 0.4) is 0 Å². The number of hydrogen-bond acceptors (Lipinski definition) is 3. The van der Waals surface area contributed by atoms with Crippen molar-refractivity contribution in [3.8, 4) is 28.1 Å². The maximum atomic E-state index is 6.68. The Kier molecular flexibility index (Phi) is 9.02. The zero-order valence-electron chi connectivity index (χ0n) is 39.2. The van der Waals surface area contributed by atoms with Gasteiger partial charge in [0.25, 0.3) is 0 Å². The Morgan fingerprint density at radius 1 is 0.574 bits per heavy atom. The summed E-state index contributed by atoms with van der Waals surface area (Å²) < 4.78 is 9.21. The van der Waals surface area contributed by atoms with E-state index in [0.29, 0.717) is 0 Å². The Balaban J connectivity index is 1.08. The highest BCUT2D eigenvalue weighted by Crippen LogP contribution is 2.48. The van der Waals surface area contributed by atoms with Gasteiger partial charge in [0.15, 0.2) is 7.28 Å². The van der Waals surface area contributed by atoms with Crippen LogP contribution in [0, 0.1) is 6.92 Å². The molecular formula is C63H51BN3O. The van der Waals surface area contributed by atoms with E-state index in [0.717, 1.165) is 73.9 Å². The van der Waals surface area contributed by atoms with E-state index in [9.17, 15) is 0 Å². The van der Waals surface area contributed by atoms with Crippen LogP contribution in [-0.2, 0) is 10.8 Å². The summed E-state index contributed by atoms with van der Waals surface area (Å²) in [5.74, 6) is 0.869. The lowest BCUT2D eigenvalue weighted by Gasteiger charge is -2.42. The molecule has 4 nitrogen and oxygen atoms in total. The predicted molar refractivity (Wildman–Crippen MR) is 288 cm³/mol. The van der Waals surface area contributed by atoms with Crippen LogP contribution in [0.1, 0.15) is 57.2 Å². The molecule has 13 rings (SSSR count). The maximum Gasteiger partial charge on any atom is 0.198 e. The van der Waals surface area contributed by atoms with Crippen molar-refractivity contribution in [2.45, 2.75) is 58.3 Å². The third-order valence-electron chi connectivity index (χ3n) is 15.1. The number of nitrogens with one attached hydrogen (secondary N) is 1. The van der Waals surface area contributed by atoms with Gasteiger partial charge in [0.2, 0.25) is 0 Å². The first-order chi connectivity index (χ1) is 33.1. The summed E-state index contributed by atoms with van der Waals surface area (Å²) in [6, 6.07) is 68.6. The van der Waals surface area contributed by atoms with Crippen molar-refractivity contribution in [2.24, 2.45) is 0 Å². The topological polar surface area (TPSA) is 33.3 Å². The van der Waals surface area contributed by atoms with Gasteiger partial charge in [-0.3, -0.25) is 0 Å². The van der Waals surface area contributed by atoms with Gasteiger partial charge in [-0.25, -0.2) is 0 Å². The van der Waals surface area contributed by atoms with E-state index >= 15 is 0 Å². The Bertz CT molecular complexity index is 3770. The monoisotopic (exact) mass is 876 g/mol. The molecule has 0 amide bonds. The van der Waals surface area contributed by atoms with Gasteiger partial charge in [-0.1, -0.05) is 142 Å². The molecule has 2 aromatic heterocycles. The normalized spacial score (nSPS) is 14.5. The van der Waals surface area contributed by atoms with Crippen molar-refractivity contribution in [1.82, 2.24) is 4.57 Å². The van der Waals surface area contributed by atoms with Crippen LogP contribution in [0.15, 0.2) is 192 Å². The smallest absolute Gasteiger partial charge is 0.198 e. The molecule has 0 spiro atoms. The van der Waals surface area contributed by atoms with Gasteiger partial charge in [0, 0.05) is 66.9 Å². The lowest BCUT2D eigenvalue weighted by molar-refractivity contribution is 0.332. The van der Waals surface area contributed by atoms with Crippen molar-refractivity contribution < 1.29 is 4.42 Å². The van der Waals surface area contributed by atoms with Gasteiger partial charge in [-0.05, 0) is 148 Å². The second kappa shape index (κ2) is 15.1. The van der Waals surface area contributed by atoms with Crippen LogP contribution >= 0.6 is 0 Å². The van der Waals surface area contributed by atoms with Crippen LogP contribution < -0.4 is 21.1 Å². The summed E-state index contributed by atoms with van der Waals surface area (Å²) in [5, 5.41) is 10.2. The maximum absolute atomic E-state index is 6.68. The molecule has 327 valence electrons. The van der Waals surface area contributed by atoms with E-state index in [1.807, 2.05) is 0 Å². The number of fused-ring (bicyclic) bond motifs is 9. The van der Waals surface area contributed by atoms with Crippen molar-refractivity contribution in [3.05, 3.63) is 205 Å². The van der Waals surface area contributed by atoms with Crippen LogP contribution in [0.25, 0.3) is 71.7 Å². The van der Waals surface area contributed by atoms with Gasteiger partial charge in [-0.2, -0.15) is 0 Å². The first-order valence-electron chi connectivity index (χ1n) is 24.0. The first-order valence-corrected chi connectivity index (χ1v) is 24.0. The number of hydrogen-bond donors (Lipinski definition) is 1. The van der Waals surface area contributed by atoms with E-state index in [-0.39, 0.29) is 10.8 Å². The fourth-order valence-electron chi connectivity index (χ4n) is 11.5. The minimum absolute atomic E-state index is 0.0780. The number of furan rings is 1. The highest BCUT2D eigenvalue weighted by atomic mass is 16.3. The van der Waals surface area contributed by atoms with Crippen molar-refractivity contribution >= 4 is 90.2 Å². The van der Waals surface area contributed by atoms with E-state index in [1.54, 1.807) is 0 Å². The fraction of sp³-hybridized carbons (Fsp3) is 0.143. The highest BCUT2D eigenvalue weighted by molar-refractivity contribution is 6.74. The molecule has 1 aliphatic heterocycles. The Morgan fingerprint density at radius 3 is 2.01 bits per heavy atom. The summed E-state index contributed by atoms with van der Waals surface area (Å²) in [6.07, 6.45) is 2.34. The van der Waals surface area contributed by atoms with Crippen LogP contribution in [-0.4, -0.2) is 11.8 Å². The van der Waals surface area contributed by atoms with Crippen molar-refractivity contribution in [1.29, 1.82) is 0 Å². The van der Waals surface area contributed by atoms with E-state index in [4.69, 9.17) is 4.42 Å². The SMILES string of the molecule is Cc1cc(-c2cc(N(c3ccccc3)c3ccccc3)ccc2Nc2ccc3c(c2)C(C)(C)CCC3(C)C)c2c3c1c1c4ccccc4ccc1n3-c1cc3cc(-c4ccccc4)oc3cc1[B]2. The largest absolute Gasteiger partial charge is 0.456 e. The summed E-state index contributed by atoms with van der Waals surface area (Å²) in [5.41, 5.74) is 19.9. The molecule has 2 aliphatic rings. The Labute approximate surface area is 398 Å². The fourth-order valence-corrected chi connectivity index (χ4v) is 11.5. The van der Waals surface area contributed by atoms with E-state index in [2.05, 4.69) is 245 Å². The molecule has 0 unspecified atom stereocenters. The number of aryl methyl sites for hydroxylation is 1. The highest BCUT2D eigenvalue weighted by Gasteiger charge is 2.37. The molecular weight excluding hydrogens is 826 g/mol. The van der Waals surface area contributed by atoms with Crippen LogP contribution in [0.5, 0.6) is 0 Å².